The molecule has 0 radical (unpaired) electrons. The maximum Gasteiger partial charge on any atom is 0.127 e. The van der Waals surface area contributed by atoms with E-state index in [-0.39, 0.29) is 11.9 Å². The summed E-state index contributed by atoms with van der Waals surface area (Å²) in [5.41, 5.74) is 0.680. The number of benzene rings is 1. The van der Waals surface area contributed by atoms with Crippen LogP contribution in [-0.4, -0.2) is 11.9 Å². The second kappa shape index (κ2) is 5.20. The van der Waals surface area contributed by atoms with E-state index in [0.29, 0.717) is 18.0 Å². The third-order valence-electron chi connectivity index (χ3n) is 1.83. The van der Waals surface area contributed by atoms with Crippen molar-refractivity contribution in [3.8, 4) is 0 Å². The third kappa shape index (κ3) is 3.33. The maximum absolute atomic E-state index is 13.1. The van der Waals surface area contributed by atoms with Crippen LogP contribution in [0.5, 0.6) is 0 Å². The van der Waals surface area contributed by atoms with Gasteiger partial charge in [-0.2, -0.15) is 0 Å². The molecule has 0 spiro atoms. The van der Waals surface area contributed by atoms with Crippen molar-refractivity contribution in [1.82, 2.24) is 5.32 Å². The Morgan fingerprint density at radius 3 is 2.77 bits per heavy atom. The van der Waals surface area contributed by atoms with Crippen molar-refractivity contribution in [2.24, 2.45) is 0 Å². The molecule has 1 nitrogen and oxygen atoms in total. The first-order valence-corrected chi connectivity index (χ1v) is 4.80. The van der Waals surface area contributed by atoms with Crippen LogP contribution in [-0.2, 0) is 6.54 Å². The van der Waals surface area contributed by atoms with Gasteiger partial charge in [0.15, 0.2) is 0 Å². The molecular weight excluding hydrogens is 189 g/mol. The molecule has 0 heterocycles. The van der Waals surface area contributed by atoms with Gasteiger partial charge in [0.2, 0.25) is 0 Å². The molecule has 1 unspecified atom stereocenters. The van der Waals surface area contributed by atoms with Crippen LogP contribution in [0, 0.1) is 5.82 Å². The van der Waals surface area contributed by atoms with Gasteiger partial charge in [0, 0.05) is 24.0 Å². The molecule has 0 aliphatic carbocycles. The van der Waals surface area contributed by atoms with Crippen molar-refractivity contribution < 1.29 is 4.39 Å². The number of hydrogen-bond acceptors (Lipinski definition) is 1. The molecule has 3 heteroatoms. The van der Waals surface area contributed by atoms with E-state index in [1.165, 1.54) is 6.07 Å². The number of rotatable bonds is 4. The topological polar surface area (TPSA) is 12.0 Å². The van der Waals surface area contributed by atoms with Gasteiger partial charge in [-0.1, -0.05) is 18.2 Å². The Balaban J connectivity index is 2.50. The van der Waals surface area contributed by atoms with Crippen molar-refractivity contribution >= 4 is 11.6 Å². The molecule has 0 bridgehead atoms. The smallest absolute Gasteiger partial charge is 0.127 e. The van der Waals surface area contributed by atoms with Gasteiger partial charge in [0.05, 0.1) is 0 Å². The van der Waals surface area contributed by atoms with E-state index in [9.17, 15) is 4.39 Å². The zero-order chi connectivity index (χ0) is 9.68. The average molecular weight is 202 g/mol. The number of nitrogens with one attached hydrogen (secondary N) is 1. The van der Waals surface area contributed by atoms with Crippen molar-refractivity contribution in [1.29, 1.82) is 0 Å². The number of hydrogen-bond donors (Lipinski definition) is 1. The van der Waals surface area contributed by atoms with E-state index >= 15 is 0 Å². The van der Waals surface area contributed by atoms with Crippen LogP contribution in [0.25, 0.3) is 0 Å². The molecule has 0 aromatic heterocycles. The van der Waals surface area contributed by atoms with E-state index in [0.717, 1.165) is 0 Å². The van der Waals surface area contributed by atoms with Gasteiger partial charge < -0.3 is 5.32 Å². The molecule has 1 aromatic carbocycles. The van der Waals surface area contributed by atoms with Gasteiger partial charge in [0.25, 0.3) is 0 Å². The fourth-order valence-electron chi connectivity index (χ4n) is 0.981. The average Bonchev–Trinajstić information content (AvgIpc) is 2.16. The molecule has 0 saturated heterocycles. The van der Waals surface area contributed by atoms with Gasteiger partial charge in [-0.3, -0.25) is 0 Å². The summed E-state index contributed by atoms with van der Waals surface area (Å²) < 4.78 is 13.1. The molecular formula is C10H13ClFN. The standard InChI is InChI=1S/C10H13ClFN/c1-8(6-11)13-7-9-4-2-3-5-10(9)12/h2-5,8,13H,6-7H2,1H3. The molecule has 1 aromatic rings. The fraction of sp³-hybridized carbons (Fsp3) is 0.400. The Kier molecular flexibility index (Phi) is 4.19. The molecule has 1 rings (SSSR count). The zero-order valence-corrected chi connectivity index (χ0v) is 8.31. The molecule has 1 N–H and O–H groups in total. The van der Waals surface area contributed by atoms with Crippen molar-refractivity contribution in [2.75, 3.05) is 5.88 Å². The second-order valence-electron chi connectivity index (χ2n) is 3.03. The van der Waals surface area contributed by atoms with E-state index in [2.05, 4.69) is 5.32 Å². The second-order valence-corrected chi connectivity index (χ2v) is 3.34. The lowest BCUT2D eigenvalue weighted by Crippen LogP contribution is -2.27. The summed E-state index contributed by atoms with van der Waals surface area (Å²) in [5, 5.41) is 3.12. The fourth-order valence-corrected chi connectivity index (χ4v) is 1.09. The first-order valence-electron chi connectivity index (χ1n) is 4.26. The first kappa shape index (κ1) is 10.5. The maximum atomic E-state index is 13.1. The Morgan fingerprint density at radius 2 is 2.15 bits per heavy atom. The Bertz CT molecular complexity index is 265. The monoisotopic (exact) mass is 201 g/mol. The van der Waals surface area contributed by atoms with Gasteiger partial charge in [-0.05, 0) is 13.0 Å². The molecule has 1 atom stereocenters. The highest BCUT2D eigenvalue weighted by Gasteiger charge is 2.02. The normalized spacial score (nSPS) is 12.8. The lowest BCUT2D eigenvalue weighted by molar-refractivity contribution is 0.556. The van der Waals surface area contributed by atoms with E-state index in [1.807, 2.05) is 13.0 Å². The van der Waals surface area contributed by atoms with Gasteiger partial charge in [0.1, 0.15) is 5.82 Å². The van der Waals surface area contributed by atoms with Crippen molar-refractivity contribution in [3.05, 3.63) is 35.6 Å². The minimum atomic E-state index is -0.170. The van der Waals surface area contributed by atoms with Crippen LogP contribution in [0.2, 0.25) is 0 Å². The van der Waals surface area contributed by atoms with E-state index in [4.69, 9.17) is 11.6 Å². The molecule has 0 fully saturated rings. The summed E-state index contributed by atoms with van der Waals surface area (Å²) in [6.45, 7) is 2.49. The van der Waals surface area contributed by atoms with Crippen LogP contribution in [0.4, 0.5) is 4.39 Å². The molecule has 0 aliphatic heterocycles. The van der Waals surface area contributed by atoms with Crippen LogP contribution < -0.4 is 5.32 Å². The Labute approximate surface area is 82.9 Å². The number of alkyl halides is 1. The van der Waals surface area contributed by atoms with E-state index < -0.39 is 0 Å². The van der Waals surface area contributed by atoms with Gasteiger partial charge in [-0.15, -0.1) is 11.6 Å². The molecule has 0 saturated carbocycles. The summed E-state index contributed by atoms with van der Waals surface area (Å²) in [5.74, 6) is 0.367. The van der Waals surface area contributed by atoms with Crippen LogP contribution in [0.3, 0.4) is 0 Å². The van der Waals surface area contributed by atoms with E-state index in [1.54, 1.807) is 12.1 Å². The Morgan fingerprint density at radius 1 is 1.46 bits per heavy atom. The zero-order valence-electron chi connectivity index (χ0n) is 7.56. The van der Waals surface area contributed by atoms with Gasteiger partial charge in [-0.25, -0.2) is 4.39 Å². The molecule has 0 aliphatic rings. The molecule has 13 heavy (non-hydrogen) atoms. The predicted molar refractivity (Wildman–Crippen MR) is 53.4 cm³/mol. The predicted octanol–water partition coefficient (Wildman–Crippen LogP) is 2.54. The van der Waals surface area contributed by atoms with Crippen molar-refractivity contribution in [3.63, 3.8) is 0 Å². The SMILES string of the molecule is CC(CCl)NCc1ccccc1F. The third-order valence-corrected chi connectivity index (χ3v) is 2.29. The summed E-state index contributed by atoms with van der Waals surface area (Å²) in [6.07, 6.45) is 0. The highest BCUT2D eigenvalue weighted by atomic mass is 35.5. The number of halogens is 2. The molecule has 72 valence electrons. The highest BCUT2D eigenvalue weighted by Crippen LogP contribution is 2.05. The summed E-state index contributed by atoms with van der Waals surface area (Å²) in [6, 6.07) is 6.95. The minimum absolute atomic E-state index is 0.170. The lowest BCUT2D eigenvalue weighted by Gasteiger charge is -2.10. The van der Waals surface area contributed by atoms with Crippen LogP contribution in [0.15, 0.2) is 24.3 Å². The molecule has 0 amide bonds. The Hall–Kier alpha value is -0.600. The first-order chi connectivity index (χ1) is 6.24. The van der Waals surface area contributed by atoms with Gasteiger partial charge >= 0.3 is 0 Å². The lowest BCUT2D eigenvalue weighted by atomic mass is 10.2. The highest BCUT2D eigenvalue weighted by molar-refractivity contribution is 6.18. The summed E-state index contributed by atoms with van der Waals surface area (Å²) in [7, 11) is 0. The summed E-state index contributed by atoms with van der Waals surface area (Å²) in [4.78, 5) is 0. The quantitative estimate of drug-likeness (QED) is 0.739. The van der Waals surface area contributed by atoms with Crippen molar-refractivity contribution in [2.45, 2.75) is 19.5 Å². The summed E-state index contributed by atoms with van der Waals surface area (Å²) >= 11 is 5.60. The van der Waals surface area contributed by atoms with Crippen LogP contribution in [0.1, 0.15) is 12.5 Å². The minimum Gasteiger partial charge on any atom is -0.309 e. The van der Waals surface area contributed by atoms with Crippen LogP contribution >= 0.6 is 11.6 Å². The largest absolute Gasteiger partial charge is 0.309 e.